The summed E-state index contributed by atoms with van der Waals surface area (Å²) in [4.78, 5) is 0. The molecule has 1 unspecified atom stereocenters. The Labute approximate surface area is 129 Å². The summed E-state index contributed by atoms with van der Waals surface area (Å²) in [6.45, 7) is 10.2. The van der Waals surface area contributed by atoms with E-state index in [1.807, 2.05) is 0 Å². The van der Waals surface area contributed by atoms with Gasteiger partial charge in [0.25, 0.3) is 0 Å². The van der Waals surface area contributed by atoms with E-state index in [0.29, 0.717) is 6.04 Å². The third kappa shape index (κ3) is 7.35. The number of nitrogens with one attached hydrogen (secondary N) is 1. The Morgan fingerprint density at radius 2 is 1.65 bits per heavy atom. The number of benzene rings is 1. The van der Waals surface area contributed by atoms with E-state index in [0.717, 1.165) is 25.3 Å². The molecule has 1 rings (SSSR count). The van der Waals surface area contributed by atoms with Crippen LogP contribution in [0.3, 0.4) is 0 Å². The standard InChI is InChI=1S/C18H31NS/c1-5-11-19-18(14-20-13-15(3)4)12-17-9-7-16(6-2)8-10-17/h7-10,15,18-19H,5-6,11-14H2,1-4H3. The van der Waals surface area contributed by atoms with Gasteiger partial charge >= 0.3 is 0 Å². The lowest BCUT2D eigenvalue weighted by molar-refractivity contribution is 0.549. The molecular formula is C18H31NS. The smallest absolute Gasteiger partial charge is 0.0198 e. The SMILES string of the molecule is CCCNC(CSCC(C)C)Cc1ccc(CC)cc1. The second-order valence-corrected chi connectivity index (χ2v) is 7.03. The minimum absolute atomic E-state index is 0.603. The average Bonchev–Trinajstić information content (AvgIpc) is 2.45. The second kappa shape index (κ2) is 10.3. The molecule has 1 aromatic rings. The summed E-state index contributed by atoms with van der Waals surface area (Å²) in [5.74, 6) is 3.27. The van der Waals surface area contributed by atoms with E-state index in [1.54, 1.807) is 0 Å². The summed E-state index contributed by atoms with van der Waals surface area (Å²) in [5, 5.41) is 3.70. The van der Waals surface area contributed by atoms with Crippen molar-refractivity contribution in [3.05, 3.63) is 35.4 Å². The zero-order valence-electron chi connectivity index (χ0n) is 13.6. The summed E-state index contributed by atoms with van der Waals surface area (Å²) in [7, 11) is 0. The second-order valence-electron chi connectivity index (χ2n) is 5.96. The fourth-order valence-corrected chi connectivity index (χ4v) is 3.31. The maximum atomic E-state index is 3.70. The Balaban J connectivity index is 2.48. The summed E-state index contributed by atoms with van der Waals surface area (Å²) >= 11 is 2.08. The Morgan fingerprint density at radius 1 is 1.00 bits per heavy atom. The third-order valence-electron chi connectivity index (χ3n) is 3.37. The average molecular weight is 294 g/mol. The Bertz CT molecular complexity index is 345. The van der Waals surface area contributed by atoms with E-state index in [4.69, 9.17) is 0 Å². The summed E-state index contributed by atoms with van der Waals surface area (Å²) in [6, 6.07) is 9.74. The summed E-state index contributed by atoms with van der Waals surface area (Å²) in [6.07, 6.45) is 3.48. The van der Waals surface area contributed by atoms with E-state index in [1.165, 1.54) is 29.1 Å². The van der Waals surface area contributed by atoms with E-state index >= 15 is 0 Å². The molecule has 1 atom stereocenters. The van der Waals surface area contributed by atoms with Crippen molar-refractivity contribution in [1.82, 2.24) is 5.32 Å². The van der Waals surface area contributed by atoms with Crippen molar-refractivity contribution in [2.45, 2.75) is 53.0 Å². The van der Waals surface area contributed by atoms with Crippen molar-refractivity contribution in [3.63, 3.8) is 0 Å². The number of rotatable bonds is 10. The molecule has 0 aromatic heterocycles. The molecule has 0 spiro atoms. The largest absolute Gasteiger partial charge is 0.313 e. The van der Waals surface area contributed by atoms with Gasteiger partial charge in [-0.05, 0) is 48.6 Å². The molecule has 1 aromatic carbocycles. The maximum absolute atomic E-state index is 3.70. The van der Waals surface area contributed by atoms with Gasteiger partial charge in [-0.25, -0.2) is 0 Å². The molecule has 0 bridgehead atoms. The van der Waals surface area contributed by atoms with Crippen LogP contribution in [0.5, 0.6) is 0 Å². The molecular weight excluding hydrogens is 262 g/mol. The zero-order chi connectivity index (χ0) is 14.8. The first-order chi connectivity index (χ1) is 9.65. The first kappa shape index (κ1) is 17.6. The maximum Gasteiger partial charge on any atom is 0.0198 e. The molecule has 0 radical (unpaired) electrons. The highest BCUT2D eigenvalue weighted by atomic mass is 32.2. The van der Waals surface area contributed by atoms with Gasteiger partial charge in [-0.2, -0.15) is 11.8 Å². The van der Waals surface area contributed by atoms with Crippen molar-refractivity contribution < 1.29 is 0 Å². The van der Waals surface area contributed by atoms with Crippen LogP contribution in [0.1, 0.15) is 45.2 Å². The van der Waals surface area contributed by atoms with Gasteiger partial charge in [-0.3, -0.25) is 0 Å². The molecule has 0 aliphatic carbocycles. The van der Waals surface area contributed by atoms with E-state index in [-0.39, 0.29) is 0 Å². The third-order valence-corrected chi connectivity index (χ3v) is 4.91. The topological polar surface area (TPSA) is 12.0 Å². The van der Waals surface area contributed by atoms with Crippen LogP contribution in [0.4, 0.5) is 0 Å². The van der Waals surface area contributed by atoms with Crippen LogP contribution in [-0.2, 0) is 12.8 Å². The van der Waals surface area contributed by atoms with Crippen LogP contribution in [0.15, 0.2) is 24.3 Å². The predicted molar refractivity (Wildman–Crippen MR) is 93.8 cm³/mol. The van der Waals surface area contributed by atoms with Crippen molar-refractivity contribution in [3.8, 4) is 0 Å². The van der Waals surface area contributed by atoms with Gasteiger partial charge in [0.05, 0.1) is 0 Å². The van der Waals surface area contributed by atoms with Crippen molar-refractivity contribution >= 4 is 11.8 Å². The normalized spacial score (nSPS) is 12.8. The highest BCUT2D eigenvalue weighted by molar-refractivity contribution is 7.99. The highest BCUT2D eigenvalue weighted by Gasteiger charge is 2.09. The number of thioether (sulfide) groups is 1. The Morgan fingerprint density at radius 3 is 2.20 bits per heavy atom. The zero-order valence-corrected chi connectivity index (χ0v) is 14.4. The number of hydrogen-bond donors (Lipinski definition) is 1. The molecule has 114 valence electrons. The number of aryl methyl sites for hydroxylation is 1. The lowest BCUT2D eigenvalue weighted by Gasteiger charge is -2.19. The number of hydrogen-bond acceptors (Lipinski definition) is 2. The van der Waals surface area contributed by atoms with E-state index in [2.05, 4.69) is 69.0 Å². The van der Waals surface area contributed by atoms with E-state index < -0.39 is 0 Å². The van der Waals surface area contributed by atoms with Gasteiger partial charge in [-0.15, -0.1) is 0 Å². The fraction of sp³-hybridized carbons (Fsp3) is 0.667. The van der Waals surface area contributed by atoms with Crippen LogP contribution < -0.4 is 5.32 Å². The molecule has 20 heavy (non-hydrogen) atoms. The van der Waals surface area contributed by atoms with Gasteiger partial charge in [0.2, 0.25) is 0 Å². The molecule has 0 saturated carbocycles. The van der Waals surface area contributed by atoms with Crippen LogP contribution in [0.2, 0.25) is 0 Å². The van der Waals surface area contributed by atoms with Gasteiger partial charge in [0.1, 0.15) is 0 Å². The van der Waals surface area contributed by atoms with Crippen molar-refractivity contribution in [2.75, 3.05) is 18.1 Å². The van der Waals surface area contributed by atoms with Crippen molar-refractivity contribution in [2.24, 2.45) is 5.92 Å². The summed E-state index contributed by atoms with van der Waals surface area (Å²) in [5.41, 5.74) is 2.89. The van der Waals surface area contributed by atoms with Crippen LogP contribution in [0.25, 0.3) is 0 Å². The molecule has 0 fully saturated rings. The minimum atomic E-state index is 0.603. The van der Waals surface area contributed by atoms with E-state index in [9.17, 15) is 0 Å². The molecule has 0 saturated heterocycles. The first-order valence-corrected chi connectivity index (χ1v) is 9.20. The Hall–Kier alpha value is -0.470. The monoisotopic (exact) mass is 293 g/mol. The molecule has 1 nitrogen and oxygen atoms in total. The van der Waals surface area contributed by atoms with Gasteiger partial charge in [0.15, 0.2) is 0 Å². The first-order valence-electron chi connectivity index (χ1n) is 8.04. The fourth-order valence-electron chi connectivity index (χ4n) is 2.18. The Kier molecular flexibility index (Phi) is 9.04. The highest BCUT2D eigenvalue weighted by Crippen LogP contribution is 2.13. The molecule has 0 aliphatic rings. The molecule has 1 N–H and O–H groups in total. The van der Waals surface area contributed by atoms with Gasteiger partial charge in [0, 0.05) is 11.8 Å². The molecule has 0 amide bonds. The lowest BCUT2D eigenvalue weighted by Crippen LogP contribution is -2.34. The minimum Gasteiger partial charge on any atom is -0.313 e. The lowest BCUT2D eigenvalue weighted by atomic mass is 10.0. The van der Waals surface area contributed by atoms with Gasteiger partial charge < -0.3 is 5.32 Å². The van der Waals surface area contributed by atoms with Crippen LogP contribution >= 0.6 is 11.8 Å². The van der Waals surface area contributed by atoms with Gasteiger partial charge in [-0.1, -0.05) is 52.0 Å². The molecule has 2 heteroatoms. The van der Waals surface area contributed by atoms with Crippen molar-refractivity contribution in [1.29, 1.82) is 0 Å². The molecule has 0 aliphatic heterocycles. The molecule has 0 heterocycles. The van der Waals surface area contributed by atoms with Crippen LogP contribution in [-0.4, -0.2) is 24.1 Å². The predicted octanol–water partition coefficient (Wildman–Crippen LogP) is 4.55. The quantitative estimate of drug-likeness (QED) is 0.679. The summed E-state index contributed by atoms with van der Waals surface area (Å²) < 4.78 is 0. The van der Waals surface area contributed by atoms with Crippen LogP contribution in [0, 0.1) is 5.92 Å².